The van der Waals surface area contributed by atoms with Gasteiger partial charge in [-0.2, -0.15) is 0 Å². The number of aromatic nitrogens is 1. The smallest absolute Gasteiger partial charge is 0.0942 e. The third kappa shape index (κ3) is 1.89. The number of fused-ring (bicyclic) bond motifs is 2. The van der Waals surface area contributed by atoms with E-state index in [9.17, 15) is 5.11 Å². The molecule has 0 aromatic carbocycles. The Morgan fingerprint density at radius 2 is 2.39 bits per heavy atom. The van der Waals surface area contributed by atoms with Crippen molar-refractivity contribution < 1.29 is 5.11 Å². The van der Waals surface area contributed by atoms with Gasteiger partial charge in [0, 0.05) is 18.0 Å². The number of hydrogen-bond acceptors (Lipinski definition) is 2. The van der Waals surface area contributed by atoms with Gasteiger partial charge in [0.05, 0.1) is 5.60 Å². The van der Waals surface area contributed by atoms with Gasteiger partial charge in [0.1, 0.15) is 0 Å². The monoisotopic (exact) mass is 243 g/mol. The maximum Gasteiger partial charge on any atom is 0.0942 e. The average Bonchev–Trinajstić information content (AvgIpc) is 2.44. The van der Waals surface area contributed by atoms with Crippen LogP contribution in [-0.2, 0) is 5.60 Å². The van der Waals surface area contributed by atoms with Crippen molar-refractivity contribution in [3.8, 4) is 0 Å². The molecule has 1 N–H and O–H groups in total. The lowest BCUT2D eigenvalue weighted by atomic mass is 9.63. The highest BCUT2D eigenvalue weighted by atomic mass is 16.3. The summed E-state index contributed by atoms with van der Waals surface area (Å²) >= 11 is 0. The number of rotatable bonds is 2. The molecule has 0 spiro atoms. The van der Waals surface area contributed by atoms with Crippen molar-refractivity contribution in [1.29, 1.82) is 0 Å². The molecule has 2 aliphatic rings. The molecule has 3 rings (SSSR count). The third-order valence-corrected chi connectivity index (χ3v) is 4.75. The molecule has 0 aliphatic heterocycles. The van der Waals surface area contributed by atoms with E-state index in [1.54, 1.807) is 6.20 Å². The van der Waals surface area contributed by atoms with Crippen molar-refractivity contribution in [2.45, 2.75) is 44.6 Å². The second kappa shape index (κ2) is 4.51. The first-order valence-electron chi connectivity index (χ1n) is 7.05. The van der Waals surface area contributed by atoms with Gasteiger partial charge in [-0.25, -0.2) is 0 Å². The van der Waals surface area contributed by atoms with Crippen LogP contribution in [0.5, 0.6) is 0 Å². The summed E-state index contributed by atoms with van der Waals surface area (Å²) < 4.78 is 0. The summed E-state index contributed by atoms with van der Waals surface area (Å²) in [5, 5.41) is 11.1. The predicted octanol–water partition coefficient (Wildman–Crippen LogP) is 3.43. The molecule has 1 fully saturated rings. The van der Waals surface area contributed by atoms with Gasteiger partial charge >= 0.3 is 0 Å². The van der Waals surface area contributed by atoms with Gasteiger partial charge in [0.2, 0.25) is 0 Å². The SMILES string of the molecule is CCC1=CC2CCC(O)(c3cccnc3)C(C1)C2. The fourth-order valence-corrected chi connectivity index (χ4v) is 3.67. The third-order valence-electron chi connectivity index (χ3n) is 4.75. The highest BCUT2D eigenvalue weighted by Crippen LogP contribution is 2.49. The van der Waals surface area contributed by atoms with Crippen LogP contribution in [0.3, 0.4) is 0 Å². The first-order valence-corrected chi connectivity index (χ1v) is 7.05. The fraction of sp³-hybridized carbons (Fsp3) is 0.562. The lowest BCUT2D eigenvalue weighted by Gasteiger charge is -2.45. The average molecular weight is 243 g/mol. The van der Waals surface area contributed by atoms with E-state index in [1.165, 1.54) is 5.57 Å². The Morgan fingerprint density at radius 3 is 3.11 bits per heavy atom. The largest absolute Gasteiger partial charge is 0.385 e. The van der Waals surface area contributed by atoms with Gasteiger partial charge in [0.25, 0.3) is 0 Å². The Labute approximate surface area is 109 Å². The lowest BCUT2D eigenvalue weighted by molar-refractivity contribution is -0.0670. The van der Waals surface area contributed by atoms with Gasteiger partial charge in [0.15, 0.2) is 0 Å². The van der Waals surface area contributed by atoms with Crippen molar-refractivity contribution in [2.24, 2.45) is 11.8 Å². The van der Waals surface area contributed by atoms with Crippen molar-refractivity contribution in [2.75, 3.05) is 0 Å². The second-order valence-corrected chi connectivity index (χ2v) is 5.78. The van der Waals surface area contributed by atoms with Crippen LogP contribution in [0.25, 0.3) is 0 Å². The fourth-order valence-electron chi connectivity index (χ4n) is 3.67. The molecule has 1 aromatic heterocycles. The van der Waals surface area contributed by atoms with Gasteiger partial charge in [-0.15, -0.1) is 0 Å². The maximum atomic E-state index is 11.1. The zero-order valence-corrected chi connectivity index (χ0v) is 11.0. The quantitative estimate of drug-likeness (QED) is 0.807. The molecule has 1 aromatic rings. The van der Waals surface area contributed by atoms with Crippen LogP contribution >= 0.6 is 0 Å². The Hall–Kier alpha value is -1.15. The molecule has 96 valence electrons. The number of nitrogens with zero attached hydrogens (tertiary/aromatic N) is 1. The van der Waals surface area contributed by atoms with E-state index in [-0.39, 0.29) is 0 Å². The molecule has 2 bridgehead atoms. The van der Waals surface area contributed by atoms with E-state index < -0.39 is 5.60 Å². The highest BCUT2D eigenvalue weighted by Gasteiger charge is 2.44. The molecular weight excluding hydrogens is 222 g/mol. The number of allylic oxidation sites excluding steroid dienone is 2. The topological polar surface area (TPSA) is 33.1 Å². The van der Waals surface area contributed by atoms with E-state index in [0.29, 0.717) is 11.8 Å². The maximum absolute atomic E-state index is 11.1. The van der Waals surface area contributed by atoms with Crippen LogP contribution in [-0.4, -0.2) is 10.1 Å². The molecular formula is C16H21NO. The number of aliphatic hydroxyl groups is 1. The minimum Gasteiger partial charge on any atom is -0.385 e. The molecule has 2 aliphatic carbocycles. The summed E-state index contributed by atoms with van der Waals surface area (Å²) in [6.45, 7) is 2.22. The predicted molar refractivity (Wildman–Crippen MR) is 72.0 cm³/mol. The van der Waals surface area contributed by atoms with Crippen LogP contribution in [0.15, 0.2) is 36.2 Å². The Balaban J connectivity index is 1.93. The normalized spacial score (nSPS) is 35.1. The molecule has 2 heteroatoms. The molecule has 18 heavy (non-hydrogen) atoms. The summed E-state index contributed by atoms with van der Waals surface area (Å²) in [5.41, 5.74) is 1.88. The van der Waals surface area contributed by atoms with Gasteiger partial charge in [-0.05, 0) is 50.0 Å². The van der Waals surface area contributed by atoms with Crippen molar-refractivity contribution in [1.82, 2.24) is 4.98 Å². The summed E-state index contributed by atoms with van der Waals surface area (Å²) in [5.74, 6) is 1.07. The van der Waals surface area contributed by atoms with E-state index in [2.05, 4.69) is 18.0 Å². The van der Waals surface area contributed by atoms with Gasteiger partial charge in [-0.3, -0.25) is 4.98 Å². The standard InChI is InChI=1S/C16H21NO/c1-2-12-8-13-5-6-16(18,15(9-12)10-13)14-4-3-7-17-11-14/h3-4,7-8,11,13,15,18H,2,5-6,9-10H2,1H3. The van der Waals surface area contributed by atoms with Gasteiger partial charge < -0.3 is 5.11 Å². The molecule has 2 nitrogen and oxygen atoms in total. The highest BCUT2D eigenvalue weighted by molar-refractivity contribution is 5.24. The molecule has 1 heterocycles. The summed E-state index contributed by atoms with van der Waals surface area (Å²) in [6.07, 6.45) is 11.4. The Kier molecular flexibility index (Phi) is 2.98. The van der Waals surface area contributed by atoms with Crippen molar-refractivity contribution >= 4 is 0 Å². The van der Waals surface area contributed by atoms with E-state index in [1.807, 2.05) is 18.3 Å². The number of pyridine rings is 1. The molecule has 0 radical (unpaired) electrons. The van der Waals surface area contributed by atoms with Crippen LogP contribution in [0.4, 0.5) is 0 Å². The molecule has 0 amide bonds. The minimum absolute atomic E-state index is 0.375. The minimum atomic E-state index is -0.653. The van der Waals surface area contributed by atoms with Crippen LogP contribution in [0.1, 0.15) is 44.6 Å². The first kappa shape index (κ1) is 11.9. The summed E-state index contributed by atoms with van der Waals surface area (Å²) in [6, 6.07) is 3.95. The molecule has 1 saturated carbocycles. The zero-order chi connectivity index (χ0) is 12.6. The van der Waals surface area contributed by atoms with Gasteiger partial charge in [-0.1, -0.05) is 24.6 Å². The lowest BCUT2D eigenvalue weighted by Crippen LogP contribution is -2.42. The molecule has 0 saturated heterocycles. The molecule has 3 atom stereocenters. The van der Waals surface area contributed by atoms with Crippen molar-refractivity contribution in [3.05, 3.63) is 41.7 Å². The molecule has 3 unspecified atom stereocenters. The van der Waals surface area contributed by atoms with Crippen LogP contribution in [0, 0.1) is 11.8 Å². The van der Waals surface area contributed by atoms with Crippen molar-refractivity contribution in [3.63, 3.8) is 0 Å². The van der Waals surface area contributed by atoms with Crippen LogP contribution in [0.2, 0.25) is 0 Å². The zero-order valence-electron chi connectivity index (χ0n) is 11.0. The summed E-state index contributed by atoms with van der Waals surface area (Å²) in [4.78, 5) is 4.18. The summed E-state index contributed by atoms with van der Waals surface area (Å²) in [7, 11) is 0. The second-order valence-electron chi connectivity index (χ2n) is 5.78. The number of hydrogen-bond donors (Lipinski definition) is 1. The Bertz CT molecular complexity index is 453. The van der Waals surface area contributed by atoms with E-state index in [0.717, 1.165) is 37.7 Å². The van der Waals surface area contributed by atoms with E-state index >= 15 is 0 Å². The van der Waals surface area contributed by atoms with E-state index in [4.69, 9.17) is 0 Å². The van der Waals surface area contributed by atoms with Crippen LogP contribution < -0.4 is 0 Å². The Morgan fingerprint density at radius 1 is 1.50 bits per heavy atom. The first-order chi connectivity index (χ1) is 8.72.